The van der Waals surface area contributed by atoms with Gasteiger partial charge in [-0.25, -0.2) is 0 Å². The number of hydrogen-bond acceptors (Lipinski definition) is 3. The Labute approximate surface area is 113 Å². The Bertz CT molecular complexity index is 524. The zero-order valence-corrected chi connectivity index (χ0v) is 11.2. The third-order valence-corrected chi connectivity index (χ3v) is 5.74. The summed E-state index contributed by atoms with van der Waals surface area (Å²) >= 11 is 0. The van der Waals surface area contributed by atoms with Crippen LogP contribution in [0.15, 0.2) is 12.1 Å². The van der Waals surface area contributed by atoms with Crippen LogP contribution in [-0.4, -0.2) is 22.8 Å². The Morgan fingerprint density at radius 2 is 1.95 bits per heavy atom. The molecular weight excluding hydrogens is 238 g/mol. The summed E-state index contributed by atoms with van der Waals surface area (Å²) in [4.78, 5) is 0. The number of phenols is 2. The lowest BCUT2D eigenvalue weighted by atomic mass is 9.53. The fourth-order valence-corrected chi connectivity index (χ4v) is 4.96. The molecule has 0 amide bonds. The summed E-state index contributed by atoms with van der Waals surface area (Å²) in [5.74, 6) is 0.795. The minimum atomic E-state index is 0.0301. The van der Waals surface area contributed by atoms with E-state index < -0.39 is 0 Å². The highest BCUT2D eigenvalue weighted by atomic mass is 16.3. The number of fused-ring (bicyclic) bond motifs is 1. The molecular formula is C16H21NO2. The van der Waals surface area contributed by atoms with Gasteiger partial charge in [0.25, 0.3) is 0 Å². The monoisotopic (exact) mass is 259 g/mol. The summed E-state index contributed by atoms with van der Waals surface area (Å²) in [6, 6.07) is 4.20. The van der Waals surface area contributed by atoms with Crippen LogP contribution in [0.3, 0.4) is 0 Å². The zero-order valence-electron chi connectivity index (χ0n) is 11.2. The first-order valence-electron chi connectivity index (χ1n) is 7.49. The summed E-state index contributed by atoms with van der Waals surface area (Å²) in [7, 11) is 0. The second kappa shape index (κ2) is 3.89. The Balaban J connectivity index is 1.92. The highest BCUT2D eigenvalue weighted by Gasteiger charge is 2.51. The van der Waals surface area contributed by atoms with Gasteiger partial charge in [-0.2, -0.15) is 0 Å². The van der Waals surface area contributed by atoms with Crippen LogP contribution in [0.5, 0.6) is 11.5 Å². The maximum atomic E-state index is 9.89. The van der Waals surface area contributed by atoms with Gasteiger partial charge >= 0.3 is 0 Å². The molecule has 2 aliphatic carbocycles. The van der Waals surface area contributed by atoms with Crippen LogP contribution >= 0.6 is 0 Å². The number of piperidine rings is 1. The van der Waals surface area contributed by atoms with Crippen molar-refractivity contribution in [2.45, 2.75) is 50.0 Å². The van der Waals surface area contributed by atoms with Crippen molar-refractivity contribution < 1.29 is 10.2 Å². The van der Waals surface area contributed by atoms with Crippen molar-refractivity contribution in [3.05, 3.63) is 23.3 Å². The minimum absolute atomic E-state index is 0.0301. The smallest absolute Gasteiger partial charge is 0.157 e. The largest absolute Gasteiger partial charge is 0.504 e. The topological polar surface area (TPSA) is 52.5 Å². The van der Waals surface area contributed by atoms with Crippen molar-refractivity contribution in [2.75, 3.05) is 6.54 Å². The van der Waals surface area contributed by atoms with E-state index in [0.29, 0.717) is 12.0 Å². The first-order chi connectivity index (χ1) is 9.21. The van der Waals surface area contributed by atoms with E-state index in [0.717, 1.165) is 13.0 Å². The van der Waals surface area contributed by atoms with E-state index >= 15 is 0 Å². The van der Waals surface area contributed by atoms with Crippen LogP contribution in [0, 0.1) is 5.92 Å². The van der Waals surface area contributed by atoms with E-state index in [9.17, 15) is 10.2 Å². The van der Waals surface area contributed by atoms with Gasteiger partial charge in [-0.1, -0.05) is 12.8 Å². The molecule has 3 heteroatoms. The van der Waals surface area contributed by atoms with Crippen molar-refractivity contribution in [1.29, 1.82) is 0 Å². The van der Waals surface area contributed by atoms with E-state index in [1.165, 1.54) is 43.2 Å². The molecule has 3 aliphatic rings. The van der Waals surface area contributed by atoms with Gasteiger partial charge in [-0.3, -0.25) is 0 Å². The third-order valence-electron chi connectivity index (χ3n) is 5.74. The lowest BCUT2D eigenvalue weighted by Gasteiger charge is -2.56. The maximum absolute atomic E-state index is 9.89. The van der Waals surface area contributed by atoms with Crippen molar-refractivity contribution in [2.24, 2.45) is 5.92 Å². The van der Waals surface area contributed by atoms with Gasteiger partial charge in [-0.15, -0.1) is 0 Å². The minimum Gasteiger partial charge on any atom is -0.504 e. The third kappa shape index (κ3) is 1.48. The van der Waals surface area contributed by atoms with Crippen molar-refractivity contribution in [1.82, 2.24) is 5.32 Å². The number of rotatable bonds is 0. The number of benzene rings is 1. The van der Waals surface area contributed by atoms with Gasteiger partial charge in [-0.05, 0) is 61.4 Å². The predicted octanol–water partition coefficient (Wildman–Crippen LogP) is 2.44. The number of phenolic OH excluding ortho intramolecular Hbond substituents is 2. The van der Waals surface area contributed by atoms with Crippen LogP contribution in [0.25, 0.3) is 0 Å². The Morgan fingerprint density at radius 1 is 1.11 bits per heavy atom. The standard InChI is InChI=1S/C16H21NO2/c18-14-8-10-7-13-11-3-1-2-4-16(11,5-6-17-13)12(10)9-15(14)19/h8-9,11,13,17-19H,1-7H2/t11-,13+,16+/m0/s1. The van der Waals surface area contributed by atoms with Gasteiger partial charge in [0.2, 0.25) is 0 Å². The molecule has 0 aromatic heterocycles. The molecule has 1 aromatic carbocycles. The Kier molecular flexibility index (Phi) is 2.37. The lowest BCUT2D eigenvalue weighted by molar-refractivity contribution is 0.0794. The summed E-state index contributed by atoms with van der Waals surface area (Å²) in [5, 5.41) is 23.3. The second-order valence-electron chi connectivity index (χ2n) is 6.52. The van der Waals surface area contributed by atoms with Crippen LogP contribution in [0.1, 0.15) is 43.2 Å². The molecule has 3 atom stereocenters. The first-order valence-corrected chi connectivity index (χ1v) is 7.49. The van der Waals surface area contributed by atoms with Gasteiger partial charge in [0, 0.05) is 11.5 Å². The fraction of sp³-hybridized carbons (Fsp3) is 0.625. The highest BCUT2D eigenvalue weighted by molar-refractivity contribution is 5.51. The molecule has 0 unspecified atom stereocenters. The summed E-state index contributed by atoms with van der Waals surface area (Å²) < 4.78 is 0. The molecule has 2 fully saturated rings. The number of aromatic hydroxyl groups is 2. The average Bonchev–Trinajstić information content (AvgIpc) is 2.41. The van der Waals surface area contributed by atoms with Crippen molar-refractivity contribution in [3.8, 4) is 11.5 Å². The Morgan fingerprint density at radius 3 is 2.84 bits per heavy atom. The SMILES string of the molecule is Oc1cc2c(cc1O)[C@@]13CCCC[C@H]1[C@@H](C2)NCC3. The molecule has 1 aromatic rings. The maximum Gasteiger partial charge on any atom is 0.157 e. The second-order valence-corrected chi connectivity index (χ2v) is 6.52. The van der Waals surface area contributed by atoms with Crippen LogP contribution in [0.2, 0.25) is 0 Å². The molecule has 1 saturated carbocycles. The zero-order chi connectivity index (χ0) is 13.0. The Hall–Kier alpha value is -1.22. The number of nitrogens with one attached hydrogen (secondary N) is 1. The summed E-state index contributed by atoms with van der Waals surface area (Å²) in [6.07, 6.45) is 7.35. The molecule has 1 heterocycles. The molecule has 19 heavy (non-hydrogen) atoms. The quantitative estimate of drug-likeness (QED) is 0.627. The molecule has 0 radical (unpaired) electrons. The highest BCUT2D eigenvalue weighted by Crippen LogP contribution is 2.55. The van der Waals surface area contributed by atoms with E-state index in [-0.39, 0.29) is 16.9 Å². The molecule has 3 nitrogen and oxygen atoms in total. The fourth-order valence-electron chi connectivity index (χ4n) is 4.96. The van der Waals surface area contributed by atoms with E-state index in [1.54, 1.807) is 6.07 Å². The normalized spacial score (nSPS) is 36.4. The van der Waals surface area contributed by atoms with Gasteiger partial charge in [0.1, 0.15) is 0 Å². The molecule has 4 rings (SSSR count). The van der Waals surface area contributed by atoms with E-state index in [4.69, 9.17) is 0 Å². The van der Waals surface area contributed by atoms with Gasteiger partial charge in [0.15, 0.2) is 11.5 Å². The molecule has 102 valence electrons. The van der Waals surface area contributed by atoms with Crippen LogP contribution in [-0.2, 0) is 11.8 Å². The van der Waals surface area contributed by atoms with E-state index in [2.05, 4.69) is 5.32 Å². The summed E-state index contributed by atoms with van der Waals surface area (Å²) in [5.41, 5.74) is 2.82. The molecule has 3 N–H and O–H groups in total. The molecule has 1 saturated heterocycles. The van der Waals surface area contributed by atoms with E-state index in [1.807, 2.05) is 6.07 Å². The predicted molar refractivity (Wildman–Crippen MR) is 73.5 cm³/mol. The van der Waals surface area contributed by atoms with Crippen LogP contribution < -0.4 is 5.32 Å². The van der Waals surface area contributed by atoms with Crippen LogP contribution in [0.4, 0.5) is 0 Å². The van der Waals surface area contributed by atoms with Gasteiger partial charge in [0.05, 0.1) is 0 Å². The average molecular weight is 259 g/mol. The summed E-state index contributed by atoms with van der Waals surface area (Å²) in [6.45, 7) is 1.09. The molecule has 2 bridgehead atoms. The first kappa shape index (κ1) is 11.6. The number of hydrogen-bond donors (Lipinski definition) is 3. The molecule has 1 aliphatic heterocycles. The molecule has 0 spiro atoms. The lowest BCUT2D eigenvalue weighted by Crippen LogP contribution is -2.59. The van der Waals surface area contributed by atoms with Crippen molar-refractivity contribution >= 4 is 0 Å². The van der Waals surface area contributed by atoms with Gasteiger partial charge < -0.3 is 15.5 Å². The van der Waals surface area contributed by atoms with Crippen molar-refractivity contribution in [3.63, 3.8) is 0 Å².